The molecule has 1 aromatic rings. The summed E-state index contributed by atoms with van der Waals surface area (Å²) in [7, 11) is 0. The summed E-state index contributed by atoms with van der Waals surface area (Å²) in [5, 5.41) is 3.53. The molecule has 0 atom stereocenters. The molecule has 1 fully saturated rings. The summed E-state index contributed by atoms with van der Waals surface area (Å²) < 4.78 is 0. The van der Waals surface area contributed by atoms with Gasteiger partial charge in [0.25, 0.3) is 0 Å². The topological polar surface area (TPSA) is 12.0 Å². The van der Waals surface area contributed by atoms with E-state index in [2.05, 4.69) is 37.4 Å². The summed E-state index contributed by atoms with van der Waals surface area (Å²) in [6, 6.07) is 7.07. The van der Waals surface area contributed by atoms with Crippen LogP contribution in [-0.4, -0.2) is 11.0 Å². The largest absolute Gasteiger partial charge is 0.373 e. The van der Waals surface area contributed by atoms with E-state index in [1.807, 2.05) is 0 Å². The molecule has 1 aliphatic carbocycles. The van der Waals surface area contributed by atoms with Crippen LogP contribution in [0.15, 0.2) is 18.2 Å². The van der Waals surface area contributed by atoms with Gasteiger partial charge in [0.2, 0.25) is 0 Å². The lowest BCUT2D eigenvalue weighted by Gasteiger charge is -2.24. The van der Waals surface area contributed by atoms with Gasteiger partial charge in [0.1, 0.15) is 4.99 Å². The molecule has 2 heteroatoms. The minimum absolute atomic E-state index is 0.594. The van der Waals surface area contributed by atoms with Crippen molar-refractivity contribution in [1.29, 1.82) is 0 Å². The highest BCUT2D eigenvalue weighted by molar-refractivity contribution is 7.80. The van der Waals surface area contributed by atoms with E-state index in [1.54, 1.807) is 0 Å². The van der Waals surface area contributed by atoms with Gasteiger partial charge >= 0.3 is 0 Å². The van der Waals surface area contributed by atoms with Crippen molar-refractivity contribution in [1.82, 2.24) is 5.32 Å². The van der Waals surface area contributed by atoms with Crippen LogP contribution in [0.1, 0.15) is 48.8 Å². The Kier molecular flexibility index (Phi) is 4.16. The van der Waals surface area contributed by atoms with Crippen molar-refractivity contribution in [3.8, 4) is 0 Å². The minimum atomic E-state index is 0.594. The van der Waals surface area contributed by atoms with Crippen LogP contribution >= 0.6 is 12.2 Å². The van der Waals surface area contributed by atoms with E-state index in [0.29, 0.717) is 6.04 Å². The lowest BCUT2D eigenvalue weighted by Crippen LogP contribution is -2.35. The molecule has 92 valence electrons. The van der Waals surface area contributed by atoms with Gasteiger partial charge in [0.15, 0.2) is 0 Å². The molecule has 0 aromatic heterocycles. The van der Waals surface area contributed by atoms with Crippen LogP contribution < -0.4 is 5.32 Å². The average Bonchev–Trinajstić information content (AvgIpc) is 2.30. The van der Waals surface area contributed by atoms with Gasteiger partial charge in [0, 0.05) is 11.6 Å². The maximum absolute atomic E-state index is 5.52. The van der Waals surface area contributed by atoms with E-state index in [-0.39, 0.29) is 0 Å². The molecule has 2 rings (SSSR count). The smallest absolute Gasteiger partial charge is 0.107 e. The second-order valence-corrected chi connectivity index (χ2v) is 5.54. The summed E-state index contributed by atoms with van der Waals surface area (Å²) in [6.07, 6.45) is 6.60. The van der Waals surface area contributed by atoms with E-state index >= 15 is 0 Å². The first-order valence-corrected chi connectivity index (χ1v) is 6.96. The Morgan fingerprint density at radius 2 is 1.88 bits per heavy atom. The van der Waals surface area contributed by atoms with Gasteiger partial charge in [-0.3, -0.25) is 0 Å². The number of nitrogens with one attached hydrogen (secondary N) is 1. The van der Waals surface area contributed by atoms with Crippen LogP contribution in [0.2, 0.25) is 0 Å². The van der Waals surface area contributed by atoms with Gasteiger partial charge in [-0.2, -0.15) is 0 Å². The summed E-state index contributed by atoms with van der Waals surface area (Å²) in [6.45, 7) is 4.26. The molecule has 1 aliphatic rings. The van der Waals surface area contributed by atoms with E-state index in [0.717, 1.165) is 4.99 Å². The molecular formula is C15H21NS. The fourth-order valence-corrected chi connectivity index (χ4v) is 2.97. The lowest BCUT2D eigenvalue weighted by atomic mass is 9.95. The number of aryl methyl sites for hydroxylation is 2. The van der Waals surface area contributed by atoms with Crippen LogP contribution in [0.25, 0.3) is 0 Å². The molecule has 0 heterocycles. The summed E-state index contributed by atoms with van der Waals surface area (Å²) in [5.74, 6) is 0. The lowest BCUT2D eigenvalue weighted by molar-refractivity contribution is 0.415. The second-order valence-electron chi connectivity index (χ2n) is 5.13. The Morgan fingerprint density at radius 3 is 2.53 bits per heavy atom. The van der Waals surface area contributed by atoms with E-state index < -0.39 is 0 Å². The Hall–Kier alpha value is -0.890. The van der Waals surface area contributed by atoms with Gasteiger partial charge in [0.05, 0.1) is 0 Å². The van der Waals surface area contributed by atoms with Crippen molar-refractivity contribution in [3.63, 3.8) is 0 Å². The predicted molar refractivity (Wildman–Crippen MR) is 77.6 cm³/mol. The SMILES string of the molecule is Cc1ccc(C(=S)NC2CCCCC2)c(C)c1. The zero-order valence-corrected chi connectivity index (χ0v) is 11.6. The van der Waals surface area contributed by atoms with Gasteiger partial charge < -0.3 is 5.32 Å². The van der Waals surface area contributed by atoms with Crippen LogP contribution in [0.5, 0.6) is 0 Å². The molecule has 1 N–H and O–H groups in total. The number of rotatable bonds is 2. The number of benzene rings is 1. The number of hydrogen-bond donors (Lipinski definition) is 1. The quantitative estimate of drug-likeness (QED) is 0.795. The highest BCUT2D eigenvalue weighted by Crippen LogP contribution is 2.19. The van der Waals surface area contributed by atoms with Crippen molar-refractivity contribution < 1.29 is 0 Å². The van der Waals surface area contributed by atoms with Gasteiger partial charge in [-0.25, -0.2) is 0 Å². The van der Waals surface area contributed by atoms with Crippen molar-refractivity contribution in [2.45, 2.75) is 52.0 Å². The average molecular weight is 247 g/mol. The highest BCUT2D eigenvalue weighted by atomic mass is 32.1. The van der Waals surface area contributed by atoms with Gasteiger partial charge in [-0.05, 0) is 32.3 Å². The fourth-order valence-electron chi connectivity index (χ4n) is 2.58. The van der Waals surface area contributed by atoms with Crippen molar-refractivity contribution in [3.05, 3.63) is 34.9 Å². The zero-order valence-electron chi connectivity index (χ0n) is 10.8. The molecule has 1 nitrogen and oxygen atoms in total. The standard InChI is InChI=1S/C15H21NS/c1-11-8-9-14(12(2)10-11)15(17)16-13-6-4-3-5-7-13/h8-10,13H,3-7H2,1-2H3,(H,16,17). The molecule has 0 amide bonds. The van der Waals surface area contributed by atoms with Crippen LogP contribution in [0.4, 0.5) is 0 Å². The maximum Gasteiger partial charge on any atom is 0.107 e. The van der Waals surface area contributed by atoms with Crippen molar-refractivity contribution in [2.75, 3.05) is 0 Å². The Balaban J connectivity index is 2.03. The molecule has 0 radical (unpaired) electrons. The third-order valence-corrected chi connectivity index (χ3v) is 3.90. The molecule has 0 unspecified atom stereocenters. The molecule has 0 saturated heterocycles. The maximum atomic E-state index is 5.52. The fraction of sp³-hybridized carbons (Fsp3) is 0.533. The first-order valence-electron chi connectivity index (χ1n) is 6.55. The molecule has 0 spiro atoms. The number of hydrogen-bond acceptors (Lipinski definition) is 1. The first kappa shape index (κ1) is 12.6. The molecule has 1 saturated carbocycles. The third-order valence-electron chi connectivity index (χ3n) is 3.57. The monoisotopic (exact) mass is 247 g/mol. The number of thiocarbonyl (C=S) groups is 1. The second kappa shape index (κ2) is 5.63. The zero-order chi connectivity index (χ0) is 12.3. The molecular weight excluding hydrogens is 226 g/mol. The van der Waals surface area contributed by atoms with Gasteiger partial charge in [-0.15, -0.1) is 0 Å². The first-order chi connectivity index (χ1) is 8.16. The Bertz CT molecular complexity index is 405. The normalized spacial score (nSPS) is 16.8. The predicted octanol–water partition coefficient (Wildman–Crippen LogP) is 3.90. The third kappa shape index (κ3) is 3.29. The van der Waals surface area contributed by atoms with Crippen LogP contribution in [-0.2, 0) is 0 Å². The minimum Gasteiger partial charge on any atom is -0.373 e. The molecule has 0 bridgehead atoms. The summed E-state index contributed by atoms with van der Waals surface area (Å²) in [5.41, 5.74) is 3.76. The van der Waals surface area contributed by atoms with E-state index in [4.69, 9.17) is 12.2 Å². The van der Waals surface area contributed by atoms with Crippen molar-refractivity contribution >= 4 is 17.2 Å². The molecule has 1 aromatic carbocycles. The molecule has 0 aliphatic heterocycles. The van der Waals surface area contributed by atoms with E-state index in [1.165, 1.54) is 48.8 Å². The molecule has 17 heavy (non-hydrogen) atoms. The van der Waals surface area contributed by atoms with Crippen molar-refractivity contribution in [2.24, 2.45) is 0 Å². The van der Waals surface area contributed by atoms with E-state index in [9.17, 15) is 0 Å². The summed E-state index contributed by atoms with van der Waals surface area (Å²) >= 11 is 5.52. The Morgan fingerprint density at radius 1 is 1.18 bits per heavy atom. The summed E-state index contributed by atoms with van der Waals surface area (Å²) in [4.78, 5) is 0.925. The van der Waals surface area contributed by atoms with Crippen LogP contribution in [0.3, 0.4) is 0 Å². The van der Waals surface area contributed by atoms with Gasteiger partial charge in [-0.1, -0.05) is 55.2 Å². The van der Waals surface area contributed by atoms with Crippen LogP contribution in [0, 0.1) is 13.8 Å². The highest BCUT2D eigenvalue weighted by Gasteiger charge is 2.15. The Labute approximate surface area is 110 Å².